The molecule has 0 aliphatic carbocycles. The lowest BCUT2D eigenvalue weighted by Crippen LogP contribution is -2.25. The zero-order valence-corrected chi connectivity index (χ0v) is 21.5. The van der Waals surface area contributed by atoms with Gasteiger partial charge < -0.3 is 15.4 Å². The summed E-state index contributed by atoms with van der Waals surface area (Å²) in [5.41, 5.74) is 0.360. The monoisotopic (exact) mass is 489 g/mol. The van der Waals surface area contributed by atoms with Crippen molar-refractivity contribution < 1.29 is 20.2 Å². The average Bonchev–Trinajstić information content (AvgIpc) is 2.80. The number of aromatic hydroxyl groups is 2. The van der Waals surface area contributed by atoms with E-state index in [9.17, 15) is 25.0 Å². The number of rotatable bonds is 10. The van der Waals surface area contributed by atoms with Gasteiger partial charge in [-0.05, 0) is 55.4 Å². The number of benzene rings is 1. The lowest BCUT2D eigenvalue weighted by Gasteiger charge is -2.11. The Kier molecular flexibility index (Phi) is 10.3. The molecule has 3 N–H and O–H groups in total. The van der Waals surface area contributed by atoms with Gasteiger partial charge in [-0.3, -0.25) is 9.59 Å². The second-order valence-corrected chi connectivity index (χ2v) is 9.29. The van der Waals surface area contributed by atoms with E-state index in [1.165, 1.54) is 42.8 Å². The number of Topliss-reactive ketones (excluding diaryl/α,β-unsaturated/α-hetero) is 1. The number of carbonyl (C=O) groups is 1. The smallest absolute Gasteiger partial charge is 0.297 e. The molecule has 0 radical (unpaired) electrons. The maximum Gasteiger partial charge on any atom is 0.297 e. The molecule has 1 aromatic heterocycles. The molecule has 36 heavy (non-hydrogen) atoms. The molecule has 1 atom stereocenters. The van der Waals surface area contributed by atoms with Gasteiger partial charge in [-0.15, -0.1) is 0 Å². The largest absolute Gasteiger partial charge is 0.508 e. The third-order valence-electron chi connectivity index (χ3n) is 5.47. The molecular formula is C30H35NO5. The Morgan fingerprint density at radius 1 is 0.972 bits per heavy atom. The SMILES string of the molecule is CC(/C=C/C=C/C=C/C=C(\C)C(=O)c1c(O)c(-c2ccc(O)cc2)cn(O)c1=O)=C\[C@H](C)CC(C)C. The zero-order valence-electron chi connectivity index (χ0n) is 21.5. The van der Waals surface area contributed by atoms with Crippen molar-refractivity contribution in [3.8, 4) is 22.6 Å². The van der Waals surface area contributed by atoms with E-state index in [0.717, 1.165) is 12.6 Å². The lowest BCUT2D eigenvalue weighted by atomic mass is 9.97. The summed E-state index contributed by atoms with van der Waals surface area (Å²) >= 11 is 0. The van der Waals surface area contributed by atoms with Gasteiger partial charge in [0.15, 0.2) is 5.78 Å². The lowest BCUT2D eigenvalue weighted by molar-refractivity contribution is 0.102. The number of hydrogen-bond acceptors (Lipinski definition) is 5. The summed E-state index contributed by atoms with van der Waals surface area (Å²) in [5, 5.41) is 30.2. The summed E-state index contributed by atoms with van der Waals surface area (Å²) in [4.78, 5) is 25.3. The highest BCUT2D eigenvalue weighted by molar-refractivity contribution is 6.11. The molecule has 190 valence electrons. The molecule has 2 aromatic rings. The van der Waals surface area contributed by atoms with Gasteiger partial charge in [0.05, 0.1) is 6.20 Å². The fraction of sp³-hybridized carbons (Fsp3) is 0.267. The van der Waals surface area contributed by atoms with E-state index < -0.39 is 22.7 Å². The number of aromatic nitrogens is 1. The Morgan fingerprint density at radius 2 is 1.58 bits per heavy atom. The standard InChI is InChI=1S/C30H35NO5/c1-20(2)17-22(4)18-21(3)11-9-7-6-8-10-12-23(5)28(33)27-29(34)26(19-31(36)30(27)35)24-13-15-25(32)16-14-24/h6-16,18-20,22,32,34,36H,17H2,1-5H3/b7-6+,10-8+,11-9+,21-18+,23-12+/t22-/m1/s1. The van der Waals surface area contributed by atoms with Crippen LogP contribution in [0.25, 0.3) is 11.1 Å². The Balaban J connectivity index is 2.15. The molecule has 0 saturated heterocycles. The molecule has 0 aliphatic rings. The van der Waals surface area contributed by atoms with Crippen molar-refractivity contribution >= 4 is 5.78 Å². The third kappa shape index (κ3) is 8.01. The molecular weight excluding hydrogens is 454 g/mol. The highest BCUT2D eigenvalue weighted by Crippen LogP contribution is 2.32. The third-order valence-corrected chi connectivity index (χ3v) is 5.47. The number of ketones is 1. The second kappa shape index (κ2) is 13.1. The van der Waals surface area contributed by atoms with Crippen LogP contribution in [-0.4, -0.2) is 25.9 Å². The van der Waals surface area contributed by atoms with Crippen LogP contribution in [0.3, 0.4) is 0 Å². The normalized spacial score (nSPS) is 13.9. The van der Waals surface area contributed by atoms with Gasteiger partial charge in [-0.2, -0.15) is 4.73 Å². The van der Waals surface area contributed by atoms with E-state index in [2.05, 4.69) is 33.8 Å². The summed E-state index contributed by atoms with van der Waals surface area (Å²) in [6.45, 7) is 10.2. The first-order chi connectivity index (χ1) is 17.0. The van der Waals surface area contributed by atoms with Crippen LogP contribution in [0, 0.1) is 11.8 Å². The van der Waals surface area contributed by atoms with E-state index >= 15 is 0 Å². The molecule has 0 fully saturated rings. The molecule has 1 heterocycles. The first kappa shape index (κ1) is 28.2. The van der Waals surface area contributed by atoms with Crippen LogP contribution in [0.5, 0.6) is 11.5 Å². The predicted octanol–water partition coefficient (Wildman–Crippen LogP) is 6.59. The molecule has 1 aromatic carbocycles. The summed E-state index contributed by atoms with van der Waals surface area (Å²) in [5.74, 6) is -0.0249. The first-order valence-electron chi connectivity index (χ1n) is 11.9. The molecule has 6 heteroatoms. The maximum atomic E-state index is 12.9. The van der Waals surface area contributed by atoms with Gasteiger partial charge in [0, 0.05) is 5.56 Å². The van der Waals surface area contributed by atoms with Crippen molar-refractivity contribution in [3.05, 3.63) is 106 Å². The predicted molar refractivity (Wildman–Crippen MR) is 145 cm³/mol. The Hall–Kier alpha value is -4.06. The number of carbonyl (C=O) groups excluding carboxylic acids is 1. The van der Waals surface area contributed by atoms with Crippen molar-refractivity contribution in [2.45, 2.75) is 41.0 Å². The molecule has 0 spiro atoms. The first-order valence-corrected chi connectivity index (χ1v) is 11.9. The summed E-state index contributed by atoms with van der Waals surface area (Å²) < 4.78 is 0.271. The Bertz CT molecular complexity index is 1270. The fourth-order valence-electron chi connectivity index (χ4n) is 3.84. The topological polar surface area (TPSA) is 99.8 Å². The number of phenols is 1. The number of pyridine rings is 1. The summed E-state index contributed by atoms with van der Waals surface area (Å²) in [7, 11) is 0. The van der Waals surface area contributed by atoms with Crippen molar-refractivity contribution in [3.63, 3.8) is 0 Å². The molecule has 0 bridgehead atoms. The number of allylic oxidation sites excluding steroid dienone is 10. The van der Waals surface area contributed by atoms with Gasteiger partial charge in [-0.25, -0.2) is 0 Å². The summed E-state index contributed by atoms with van der Waals surface area (Å²) in [6.07, 6.45) is 17.0. The highest BCUT2D eigenvalue weighted by Gasteiger charge is 2.23. The van der Waals surface area contributed by atoms with Crippen molar-refractivity contribution in [1.82, 2.24) is 4.73 Å². The van der Waals surface area contributed by atoms with Crippen LogP contribution < -0.4 is 5.56 Å². The number of nitrogens with zero attached hydrogens (tertiary/aromatic N) is 1. The molecule has 0 amide bonds. The van der Waals surface area contributed by atoms with E-state index in [1.54, 1.807) is 12.2 Å². The van der Waals surface area contributed by atoms with Crippen molar-refractivity contribution in [2.24, 2.45) is 11.8 Å². The minimum absolute atomic E-state index is 0.0183. The van der Waals surface area contributed by atoms with E-state index in [0.29, 0.717) is 17.4 Å². The Labute approximate surface area is 212 Å². The minimum Gasteiger partial charge on any atom is -0.508 e. The fourth-order valence-corrected chi connectivity index (χ4v) is 3.84. The molecule has 2 rings (SSSR count). The highest BCUT2D eigenvalue weighted by atomic mass is 16.5. The van der Waals surface area contributed by atoms with Crippen LogP contribution in [0.4, 0.5) is 0 Å². The van der Waals surface area contributed by atoms with E-state index in [4.69, 9.17) is 0 Å². The molecule has 6 nitrogen and oxygen atoms in total. The number of hydrogen-bond donors (Lipinski definition) is 3. The molecule has 0 unspecified atom stereocenters. The quantitative estimate of drug-likeness (QED) is 0.151. The van der Waals surface area contributed by atoms with Crippen LogP contribution in [0.15, 0.2) is 95.0 Å². The van der Waals surface area contributed by atoms with Crippen molar-refractivity contribution in [2.75, 3.05) is 0 Å². The van der Waals surface area contributed by atoms with Gasteiger partial charge in [0.25, 0.3) is 5.56 Å². The summed E-state index contributed by atoms with van der Waals surface area (Å²) in [6, 6.07) is 5.79. The van der Waals surface area contributed by atoms with E-state index in [1.807, 2.05) is 24.3 Å². The van der Waals surface area contributed by atoms with E-state index in [-0.39, 0.29) is 21.6 Å². The maximum absolute atomic E-state index is 12.9. The minimum atomic E-state index is -1.02. The molecule has 0 aliphatic heterocycles. The molecule has 0 saturated carbocycles. The van der Waals surface area contributed by atoms with Gasteiger partial charge >= 0.3 is 0 Å². The average molecular weight is 490 g/mol. The van der Waals surface area contributed by atoms with Gasteiger partial charge in [0.2, 0.25) is 0 Å². The van der Waals surface area contributed by atoms with Crippen LogP contribution in [-0.2, 0) is 0 Å². The Morgan fingerprint density at radius 3 is 2.22 bits per heavy atom. The van der Waals surface area contributed by atoms with Gasteiger partial charge in [0.1, 0.15) is 17.1 Å². The second-order valence-electron chi connectivity index (χ2n) is 9.29. The van der Waals surface area contributed by atoms with Crippen LogP contribution >= 0.6 is 0 Å². The zero-order chi connectivity index (χ0) is 26.8. The van der Waals surface area contributed by atoms with Crippen LogP contribution in [0.1, 0.15) is 51.4 Å². The van der Waals surface area contributed by atoms with Gasteiger partial charge in [-0.1, -0.05) is 87.1 Å². The van der Waals surface area contributed by atoms with Crippen LogP contribution in [0.2, 0.25) is 0 Å². The van der Waals surface area contributed by atoms with Crippen molar-refractivity contribution in [1.29, 1.82) is 0 Å². The number of phenolic OH excluding ortho intramolecular Hbond substituents is 1.